The SMILES string of the molecule is CC(C)(C)OC(=O)N1CCC(ONC(=O)[C@@H]2CC[C@@H]3CN2C(=O)N3OS(=O)(=O)O)CC1.CCCC[N+](CCCC)(CCCC)CCCC. The molecule has 0 aromatic carbocycles. The van der Waals surface area contributed by atoms with Crippen molar-refractivity contribution >= 4 is 28.4 Å². The number of rotatable bonds is 17. The molecule has 3 heterocycles. The lowest BCUT2D eigenvalue weighted by atomic mass is 10.0. The number of quaternary nitrogens is 1. The van der Waals surface area contributed by atoms with Crippen molar-refractivity contribution in [3.05, 3.63) is 0 Å². The predicted octanol–water partition coefficient (Wildman–Crippen LogP) is 5.44. The molecular weight excluding hydrogens is 642 g/mol. The molecule has 2 bridgehead atoms. The zero-order valence-corrected chi connectivity index (χ0v) is 31.4. The Kier molecular flexibility index (Phi) is 17.4. The summed E-state index contributed by atoms with van der Waals surface area (Å²) in [6.07, 6.45) is 12.0. The zero-order valence-electron chi connectivity index (χ0n) is 30.6. The highest BCUT2D eigenvalue weighted by Gasteiger charge is 2.49. The van der Waals surface area contributed by atoms with Crippen molar-refractivity contribution in [2.45, 2.75) is 149 Å². The zero-order chi connectivity index (χ0) is 36.0. The van der Waals surface area contributed by atoms with Gasteiger partial charge in [-0.2, -0.15) is 13.5 Å². The molecule has 3 aliphatic heterocycles. The Balaban J connectivity index is 0.000000401. The Bertz CT molecular complexity index is 1070. The lowest BCUT2D eigenvalue weighted by Crippen LogP contribution is -2.51. The van der Waals surface area contributed by atoms with Crippen LogP contribution in [0, 0.1) is 0 Å². The maximum atomic E-state index is 12.6. The topological polar surface area (TPSA) is 155 Å². The molecule has 0 radical (unpaired) electrons. The van der Waals surface area contributed by atoms with Gasteiger partial charge in [0, 0.05) is 19.6 Å². The van der Waals surface area contributed by atoms with E-state index in [9.17, 15) is 22.8 Å². The average Bonchev–Trinajstić information content (AvgIpc) is 3.26. The number of urea groups is 1. The van der Waals surface area contributed by atoms with Crippen molar-refractivity contribution in [2.75, 3.05) is 45.8 Å². The van der Waals surface area contributed by atoms with Crippen molar-refractivity contribution in [1.29, 1.82) is 0 Å². The predicted molar refractivity (Wildman–Crippen MR) is 183 cm³/mol. The van der Waals surface area contributed by atoms with Crippen LogP contribution >= 0.6 is 0 Å². The summed E-state index contributed by atoms with van der Waals surface area (Å²) < 4.78 is 41.8. The molecule has 0 aromatic rings. The smallest absolute Gasteiger partial charge is 0.418 e. The Morgan fingerprint density at radius 2 is 1.38 bits per heavy atom. The summed E-state index contributed by atoms with van der Waals surface area (Å²) in [7, 11) is -4.85. The summed E-state index contributed by atoms with van der Waals surface area (Å²) in [4.78, 5) is 45.3. The molecule has 0 spiro atoms. The van der Waals surface area contributed by atoms with E-state index in [1.165, 1.54) is 86.9 Å². The summed E-state index contributed by atoms with van der Waals surface area (Å²) in [6, 6.07) is -2.23. The average molecular weight is 707 g/mol. The summed E-state index contributed by atoms with van der Waals surface area (Å²) >= 11 is 0. The number of fused-ring (bicyclic) bond motifs is 2. The van der Waals surface area contributed by atoms with Gasteiger partial charge in [0.25, 0.3) is 5.91 Å². The molecule has 4 amide bonds. The molecule has 2 N–H and O–H groups in total. The van der Waals surface area contributed by atoms with E-state index < -0.39 is 46.1 Å². The van der Waals surface area contributed by atoms with Gasteiger partial charge >= 0.3 is 22.5 Å². The first-order valence-electron chi connectivity index (χ1n) is 18.1. The van der Waals surface area contributed by atoms with Gasteiger partial charge in [-0.3, -0.25) is 14.2 Å². The number of hydroxylamine groups is 3. The molecule has 15 heteroatoms. The summed E-state index contributed by atoms with van der Waals surface area (Å²) in [6.45, 7) is 21.3. The largest absolute Gasteiger partial charge is 0.444 e. The summed E-state index contributed by atoms with van der Waals surface area (Å²) in [5, 5.41) is 0.579. The molecule has 0 saturated carbocycles. The second-order valence-corrected chi connectivity index (χ2v) is 15.4. The highest BCUT2D eigenvalue weighted by atomic mass is 32.3. The molecule has 3 saturated heterocycles. The van der Waals surface area contributed by atoms with Gasteiger partial charge in [0.15, 0.2) is 0 Å². The lowest BCUT2D eigenvalue weighted by molar-refractivity contribution is -0.929. The van der Waals surface area contributed by atoms with Crippen molar-refractivity contribution in [3.63, 3.8) is 0 Å². The summed E-state index contributed by atoms with van der Waals surface area (Å²) in [5.74, 6) is -0.532. The van der Waals surface area contributed by atoms with Crippen LogP contribution in [0.5, 0.6) is 0 Å². The van der Waals surface area contributed by atoms with Gasteiger partial charge in [0.2, 0.25) is 0 Å². The third-order valence-electron chi connectivity index (χ3n) is 9.16. The molecule has 2 atom stereocenters. The third kappa shape index (κ3) is 14.0. The Hall–Kier alpha value is -2.20. The monoisotopic (exact) mass is 706 g/mol. The van der Waals surface area contributed by atoms with Gasteiger partial charge in [-0.05, 0) is 72.1 Å². The number of carbonyl (C=O) groups excluding carboxylic acids is 3. The quantitative estimate of drug-likeness (QED) is 0.114. The highest BCUT2D eigenvalue weighted by Crippen LogP contribution is 2.31. The number of hydrogen-bond acceptors (Lipinski definition) is 8. The number of nitrogens with one attached hydrogen (secondary N) is 1. The van der Waals surface area contributed by atoms with Crippen LogP contribution in [0.2, 0.25) is 0 Å². The number of likely N-dealkylation sites (tertiary alicyclic amines) is 1. The van der Waals surface area contributed by atoms with Gasteiger partial charge < -0.3 is 19.0 Å². The van der Waals surface area contributed by atoms with Crippen LogP contribution < -0.4 is 5.48 Å². The molecule has 0 aliphatic carbocycles. The van der Waals surface area contributed by atoms with Crippen molar-refractivity contribution < 1.29 is 45.7 Å². The fraction of sp³-hybridized carbons (Fsp3) is 0.909. The standard InChI is InChI=1S/C17H28N4O9S.C16H36N/c1-17(2,3)28-16(24)19-8-6-12(7-9-19)29-18-14(22)13-5-4-11-10-20(13)15(23)21(11)30-31(25,26)27;1-5-9-13-17(14-10-6-2,15-11-7-3)16-12-8-4/h11-13H,4-10H2,1-3H3,(H,18,22)(H,25,26,27);5-16H2,1-4H3/q;+1/t11-,13+;/m1./s1. The van der Waals surface area contributed by atoms with E-state index in [-0.39, 0.29) is 19.1 Å². The maximum Gasteiger partial charge on any atom is 0.418 e. The Morgan fingerprint density at radius 3 is 1.81 bits per heavy atom. The first kappa shape index (κ1) is 42.0. The van der Waals surface area contributed by atoms with E-state index >= 15 is 0 Å². The van der Waals surface area contributed by atoms with E-state index in [0.717, 1.165) is 0 Å². The van der Waals surface area contributed by atoms with Crippen molar-refractivity contribution in [3.8, 4) is 0 Å². The molecule has 280 valence electrons. The van der Waals surface area contributed by atoms with Gasteiger partial charge in [0.05, 0.1) is 38.3 Å². The van der Waals surface area contributed by atoms with Crippen LogP contribution in [0.4, 0.5) is 9.59 Å². The van der Waals surface area contributed by atoms with E-state index in [2.05, 4.69) is 37.5 Å². The minimum atomic E-state index is -4.85. The molecule has 3 fully saturated rings. The number of hydrogen-bond donors (Lipinski definition) is 2. The normalized spacial score (nSPS) is 20.4. The van der Waals surface area contributed by atoms with Crippen LogP contribution in [0.3, 0.4) is 0 Å². The molecule has 48 heavy (non-hydrogen) atoms. The Morgan fingerprint density at radius 1 is 0.875 bits per heavy atom. The number of piperidine rings is 2. The number of nitrogens with zero attached hydrogens (tertiary/aromatic N) is 4. The van der Waals surface area contributed by atoms with Crippen LogP contribution in [0.1, 0.15) is 126 Å². The molecule has 3 aliphatic rings. The van der Waals surface area contributed by atoms with Crippen LogP contribution in [-0.4, -0.2) is 120 Å². The van der Waals surface area contributed by atoms with Crippen LogP contribution in [0.15, 0.2) is 0 Å². The van der Waals surface area contributed by atoms with Gasteiger partial charge in [0.1, 0.15) is 11.6 Å². The minimum Gasteiger partial charge on any atom is -0.444 e. The Labute approximate surface area is 289 Å². The van der Waals surface area contributed by atoms with E-state index in [1.807, 2.05) is 0 Å². The molecule has 3 rings (SSSR count). The number of ether oxygens (including phenoxy) is 1. The van der Waals surface area contributed by atoms with Crippen molar-refractivity contribution in [2.24, 2.45) is 0 Å². The molecule has 0 unspecified atom stereocenters. The minimum absolute atomic E-state index is 0.0979. The van der Waals surface area contributed by atoms with Crippen molar-refractivity contribution in [1.82, 2.24) is 20.3 Å². The fourth-order valence-electron chi connectivity index (χ4n) is 6.44. The third-order valence-corrected chi connectivity index (χ3v) is 9.51. The highest BCUT2D eigenvalue weighted by molar-refractivity contribution is 7.80. The molecule has 0 aromatic heterocycles. The van der Waals surface area contributed by atoms with Gasteiger partial charge in [-0.25, -0.2) is 15.1 Å². The second-order valence-electron chi connectivity index (χ2n) is 14.4. The number of carbonyl (C=O) groups is 3. The van der Waals surface area contributed by atoms with E-state index in [0.29, 0.717) is 37.4 Å². The number of unbranched alkanes of at least 4 members (excludes halogenated alkanes) is 4. The first-order chi connectivity index (χ1) is 22.6. The fourth-order valence-corrected chi connectivity index (χ4v) is 6.83. The lowest BCUT2D eigenvalue weighted by Gasteiger charge is -2.39. The first-order valence-corrected chi connectivity index (χ1v) is 19.5. The van der Waals surface area contributed by atoms with Crippen LogP contribution in [0.25, 0.3) is 0 Å². The molecular formula is C33H64N5O9S+. The molecule has 14 nitrogen and oxygen atoms in total. The summed E-state index contributed by atoms with van der Waals surface area (Å²) in [5.41, 5.74) is 1.80. The van der Waals surface area contributed by atoms with E-state index in [4.69, 9.17) is 14.1 Å². The van der Waals surface area contributed by atoms with Gasteiger partial charge in [-0.15, -0.1) is 4.28 Å². The second kappa shape index (κ2) is 19.9. The maximum absolute atomic E-state index is 12.6. The van der Waals surface area contributed by atoms with E-state index in [1.54, 1.807) is 25.7 Å². The van der Waals surface area contributed by atoms with Gasteiger partial charge in [-0.1, -0.05) is 53.4 Å². The number of amides is 4. The van der Waals surface area contributed by atoms with Crippen LogP contribution in [-0.2, 0) is 29.1 Å².